The van der Waals surface area contributed by atoms with E-state index in [1.165, 1.54) is 12.1 Å². The van der Waals surface area contributed by atoms with Crippen LogP contribution in [0.3, 0.4) is 0 Å². The van der Waals surface area contributed by atoms with Gasteiger partial charge in [-0.1, -0.05) is 0 Å². The Hall–Kier alpha value is -1.76. The van der Waals surface area contributed by atoms with Gasteiger partial charge in [-0.3, -0.25) is 9.79 Å². The van der Waals surface area contributed by atoms with Gasteiger partial charge in [-0.2, -0.15) is 13.2 Å². The minimum Gasteiger partial charge on any atom is -0.491 e. The van der Waals surface area contributed by atoms with E-state index in [4.69, 9.17) is 4.74 Å². The number of hydrogen-bond donors (Lipinski definition) is 3. The summed E-state index contributed by atoms with van der Waals surface area (Å²) in [5, 5.41) is 16.0. The van der Waals surface area contributed by atoms with Crippen molar-refractivity contribution in [3.63, 3.8) is 0 Å². The molecule has 1 aliphatic rings. The number of benzene rings is 1. The number of nitrogens with zero attached hydrogens (tertiary/aromatic N) is 2. The van der Waals surface area contributed by atoms with Crippen LogP contribution >= 0.6 is 24.0 Å². The van der Waals surface area contributed by atoms with E-state index < -0.39 is 17.8 Å². The Bertz CT molecular complexity index is 724. The number of ether oxygens (including phenoxy) is 1. The van der Waals surface area contributed by atoms with Crippen molar-refractivity contribution in [3.05, 3.63) is 29.8 Å². The van der Waals surface area contributed by atoms with Crippen LogP contribution < -0.4 is 15.4 Å². The minimum atomic E-state index is -4.40. The summed E-state index contributed by atoms with van der Waals surface area (Å²) in [6, 6.07) is 4.34. The number of alkyl halides is 3. The molecule has 1 saturated heterocycles. The lowest BCUT2D eigenvalue weighted by Crippen LogP contribution is -2.46. The van der Waals surface area contributed by atoms with Gasteiger partial charge in [-0.25, -0.2) is 0 Å². The summed E-state index contributed by atoms with van der Waals surface area (Å²) in [5.41, 5.74) is -0.751. The first-order chi connectivity index (χ1) is 14.7. The van der Waals surface area contributed by atoms with Gasteiger partial charge in [0.2, 0.25) is 5.91 Å². The number of guanidine groups is 1. The highest BCUT2D eigenvalue weighted by Gasteiger charge is 2.30. The number of carbonyl (C=O) groups excluding carboxylic acids is 1. The molecule has 32 heavy (non-hydrogen) atoms. The van der Waals surface area contributed by atoms with E-state index in [1.807, 2.05) is 6.92 Å². The van der Waals surface area contributed by atoms with Crippen LogP contribution in [0.25, 0.3) is 0 Å². The number of rotatable bonds is 8. The first-order valence-electron chi connectivity index (χ1n) is 10.4. The lowest BCUT2D eigenvalue weighted by molar-refractivity contribution is -0.137. The van der Waals surface area contributed by atoms with Gasteiger partial charge in [0, 0.05) is 33.1 Å². The second-order valence-corrected chi connectivity index (χ2v) is 7.49. The Morgan fingerprint density at radius 3 is 2.44 bits per heavy atom. The standard InChI is InChI=1S/C21H31F3N4O3.HI/c1-3-26-20(28-10-8-15(9-11-28)12-19(30)25-2)27-13-17(29)14-31-18-6-4-16(5-7-18)21(22,23)24;/h4-7,15,17,29H,3,8-14H2,1-2H3,(H,25,30)(H,26,27);1H. The second kappa shape index (κ2) is 13.7. The molecular formula is C21H32F3IN4O3. The third-order valence-corrected chi connectivity index (χ3v) is 5.08. The molecule has 7 nitrogen and oxygen atoms in total. The monoisotopic (exact) mass is 572 g/mol. The van der Waals surface area contributed by atoms with Gasteiger partial charge < -0.3 is 25.4 Å². The van der Waals surface area contributed by atoms with Crippen molar-refractivity contribution in [1.82, 2.24) is 15.5 Å². The number of amides is 1. The zero-order valence-electron chi connectivity index (χ0n) is 18.3. The first-order valence-corrected chi connectivity index (χ1v) is 10.4. The molecule has 182 valence electrons. The van der Waals surface area contributed by atoms with Crippen molar-refractivity contribution in [2.75, 3.05) is 39.8 Å². The van der Waals surface area contributed by atoms with Crippen molar-refractivity contribution >= 4 is 35.8 Å². The predicted octanol–water partition coefficient (Wildman–Crippen LogP) is 2.88. The van der Waals surface area contributed by atoms with Crippen molar-refractivity contribution in [2.45, 2.75) is 38.5 Å². The fourth-order valence-corrected chi connectivity index (χ4v) is 3.32. The van der Waals surface area contributed by atoms with Gasteiger partial charge in [0.05, 0.1) is 12.1 Å². The van der Waals surface area contributed by atoms with Gasteiger partial charge in [0.1, 0.15) is 18.5 Å². The third-order valence-electron chi connectivity index (χ3n) is 5.08. The highest BCUT2D eigenvalue weighted by molar-refractivity contribution is 14.0. The smallest absolute Gasteiger partial charge is 0.416 e. The van der Waals surface area contributed by atoms with Gasteiger partial charge in [-0.15, -0.1) is 24.0 Å². The van der Waals surface area contributed by atoms with Crippen LogP contribution in [0.1, 0.15) is 31.7 Å². The molecule has 1 aromatic rings. The summed E-state index contributed by atoms with van der Waals surface area (Å²) >= 11 is 0. The number of piperidine rings is 1. The first kappa shape index (κ1) is 28.3. The molecule has 0 spiro atoms. The predicted molar refractivity (Wildman–Crippen MR) is 127 cm³/mol. The number of aliphatic hydroxyl groups is 1. The number of likely N-dealkylation sites (tertiary alicyclic amines) is 1. The molecule has 0 saturated carbocycles. The van der Waals surface area contributed by atoms with Crippen LogP contribution in [0.4, 0.5) is 13.2 Å². The van der Waals surface area contributed by atoms with E-state index in [0.29, 0.717) is 24.8 Å². The third kappa shape index (κ3) is 9.39. The van der Waals surface area contributed by atoms with Gasteiger partial charge in [-0.05, 0) is 49.9 Å². The number of carbonyl (C=O) groups is 1. The summed E-state index contributed by atoms with van der Waals surface area (Å²) in [6.07, 6.45) is -3.00. The Morgan fingerprint density at radius 2 is 1.91 bits per heavy atom. The minimum absolute atomic E-state index is 0. The molecule has 1 aromatic carbocycles. The summed E-state index contributed by atoms with van der Waals surface area (Å²) in [7, 11) is 1.64. The molecule has 0 aromatic heterocycles. The Morgan fingerprint density at radius 1 is 1.28 bits per heavy atom. The Balaban J connectivity index is 0.00000512. The fourth-order valence-electron chi connectivity index (χ4n) is 3.32. The average molecular weight is 572 g/mol. The average Bonchev–Trinajstić information content (AvgIpc) is 2.75. The lowest BCUT2D eigenvalue weighted by atomic mass is 9.93. The van der Waals surface area contributed by atoms with Crippen LogP contribution in [0.15, 0.2) is 29.3 Å². The van der Waals surface area contributed by atoms with Gasteiger partial charge in [0.25, 0.3) is 0 Å². The number of nitrogens with one attached hydrogen (secondary N) is 2. The van der Waals surface area contributed by atoms with Crippen LogP contribution in [0, 0.1) is 5.92 Å². The maximum Gasteiger partial charge on any atom is 0.416 e. The fraction of sp³-hybridized carbons (Fsp3) is 0.619. The second-order valence-electron chi connectivity index (χ2n) is 7.49. The van der Waals surface area contributed by atoms with Gasteiger partial charge in [0.15, 0.2) is 5.96 Å². The molecule has 1 fully saturated rings. The quantitative estimate of drug-likeness (QED) is 0.254. The van der Waals surface area contributed by atoms with Gasteiger partial charge >= 0.3 is 6.18 Å². The molecular weight excluding hydrogens is 540 g/mol. The summed E-state index contributed by atoms with van der Waals surface area (Å²) in [4.78, 5) is 18.1. The Kier molecular flexibility index (Phi) is 12.1. The molecule has 1 aliphatic heterocycles. The molecule has 1 unspecified atom stereocenters. The number of aliphatic imine (C=N–C) groups is 1. The summed E-state index contributed by atoms with van der Waals surface area (Å²) in [6.45, 7) is 4.19. The molecule has 0 aliphatic carbocycles. The number of aliphatic hydroxyl groups excluding tert-OH is 1. The normalized spacial score (nSPS) is 16.2. The molecule has 0 bridgehead atoms. The molecule has 3 N–H and O–H groups in total. The summed E-state index contributed by atoms with van der Waals surface area (Å²) in [5.74, 6) is 1.34. The maximum atomic E-state index is 12.6. The van der Waals surface area contributed by atoms with E-state index >= 15 is 0 Å². The molecule has 0 radical (unpaired) electrons. The highest BCUT2D eigenvalue weighted by atomic mass is 127. The van der Waals surface area contributed by atoms with Crippen molar-refractivity contribution in [1.29, 1.82) is 0 Å². The maximum absolute atomic E-state index is 12.6. The SMILES string of the molecule is CCNC(=NCC(O)COc1ccc(C(F)(F)F)cc1)N1CCC(CC(=O)NC)CC1.I. The largest absolute Gasteiger partial charge is 0.491 e. The number of hydrogen-bond acceptors (Lipinski definition) is 4. The lowest BCUT2D eigenvalue weighted by Gasteiger charge is -2.34. The van der Waals surface area contributed by atoms with E-state index in [2.05, 4.69) is 20.5 Å². The zero-order chi connectivity index (χ0) is 22.9. The van der Waals surface area contributed by atoms with Crippen molar-refractivity contribution in [2.24, 2.45) is 10.9 Å². The van der Waals surface area contributed by atoms with E-state index in [0.717, 1.165) is 38.1 Å². The van der Waals surface area contributed by atoms with Crippen LogP contribution in [-0.4, -0.2) is 67.8 Å². The molecule has 11 heteroatoms. The molecule has 1 heterocycles. The number of halogens is 4. The van der Waals surface area contributed by atoms with Crippen LogP contribution in [-0.2, 0) is 11.0 Å². The van der Waals surface area contributed by atoms with E-state index in [9.17, 15) is 23.1 Å². The summed E-state index contributed by atoms with van der Waals surface area (Å²) < 4.78 is 43.2. The zero-order valence-corrected chi connectivity index (χ0v) is 20.7. The van der Waals surface area contributed by atoms with Crippen LogP contribution in [0.2, 0.25) is 0 Å². The van der Waals surface area contributed by atoms with Crippen molar-refractivity contribution in [3.8, 4) is 5.75 Å². The Labute approximate surface area is 203 Å². The molecule has 1 atom stereocenters. The molecule has 1 amide bonds. The van der Waals surface area contributed by atoms with Crippen molar-refractivity contribution < 1.29 is 27.8 Å². The van der Waals surface area contributed by atoms with Crippen LogP contribution in [0.5, 0.6) is 5.75 Å². The highest BCUT2D eigenvalue weighted by Crippen LogP contribution is 2.30. The van der Waals surface area contributed by atoms with E-state index in [1.54, 1.807) is 7.05 Å². The van der Waals surface area contributed by atoms with E-state index in [-0.39, 0.29) is 48.8 Å². The topological polar surface area (TPSA) is 86.2 Å². The molecule has 2 rings (SSSR count).